The molecule has 0 aliphatic carbocycles. The Morgan fingerprint density at radius 2 is 1.54 bits per heavy atom. The van der Waals surface area contributed by atoms with Crippen LogP contribution in [0.4, 0.5) is 0 Å². The molecule has 1 atom stereocenters. The normalized spacial score (nSPS) is 10.8. The van der Waals surface area contributed by atoms with Crippen LogP contribution in [0.2, 0.25) is 0 Å². The van der Waals surface area contributed by atoms with E-state index in [-0.39, 0.29) is 6.10 Å². The average Bonchev–Trinajstić information content (AvgIpc) is 2.10. The Kier molecular flexibility index (Phi) is 25.6. The molecule has 1 N–H and O–H groups in total. The molecule has 0 unspecified atom stereocenters. The molecule has 0 fully saturated rings. The van der Waals surface area contributed by atoms with Crippen molar-refractivity contribution < 1.29 is 5.11 Å². The van der Waals surface area contributed by atoms with Crippen molar-refractivity contribution in [1.29, 1.82) is 0 Å². The summed E-state index contributed by atoms with van der Waals surface area (Å²) in [6.45, 7) is 13.8. The van der Waals surface area contributed by atoms with Gasteiger partial charge in [0.05, 0.1) is 6.10 Å². The van der Waals surface area contributed by atoms with Gasteiger partial charge in [0.1, 0.15) is 0 Å². The fourth-order valence-electron chi connectivity index (χ4n) is 0.924. The molecule has 0 saturated heterocycles. The predicted octanol–water partition coefficient (Wildman–Crippen LogP) is 2.76. The molecule has 2 heteroatoms. The number of hydrogen-bond acceptors (Lipinski definition) is 2. The van der Waals surface area contributed by atoms with Crippen molar-refractivity contribution in [2.75, 3.05) is 20.1 Å². The lowest BCUT2D eigenvalue weighted by Crippen LogP contribution is -2.27. The molecule has 0 radical (unpaired) electrons. The van der Waals surface area contributed by atoms with Gasteiger partial charge in [-0.3, -0.25) is 0 Å². The van der Waals surface area contributed by atoms with Gasteiger partial charge in [0.15, 0.2) is 0 Å². The van der Waals surface area contributed by atoms with E-state index in [4.69, 9.17) is 5.11 Å². The van der Waals surface area contributed by atoms with Crippen LogP contribution in [0, 0.1) is 0 Å². The van der Waals surface area contributed by atoms with Crippen LogP contribution in [-0.2, 0) is 0 Å². The number of likely N-dealkylation sites (N-methyl/N-ethyl adjacent to an activating group) is 1. The second-order valence-electron chi connectivity index (χ2n) is 2.61. The minimum atomic E-state index is -0.193. The smallest absolute Gasteiger partial charge is 0.0638 e. The second-order valence-corrected chi connectivity index (χ2v) is 2.61. The summed E-state index contributed by atoms with van der Waals surface area (Å²) < 4.78 is 0. The number of nitrogens with zero attached hydrogens (tertiary/aromatic N) is 1. The fraction of sp³-hybridized carbons (Fsp3) is 1.00. The molecule has 0 aliphatic rings. The molecule has 0 aromatic heterocycles. The Balaban J connectivity index is -0.000000218. The lowest BCUT2D eigenvalue weighted by atomic mass is 10.3. The Hall–Kier alpha value is -0.0800. The van der Waals surface area contributed by atoms with Crippen molar-refractivity contribution >= 4 is 0 Å². The molecular weight excluding hydrogens is 162 g/mol. The highest BCUT2D eigenvalue weighted by atomic mass is 16.3. The Labute approximate surface area is 85.0 Å². The molecule has 13 heavy (non-hydrogen) atoms. The molecule has 0 saturated carbocycles. The third-order valence-corrected chi connectivity index (χ3v) is 1.18. The number of aliphatic hydroxyl groups excluding tert-OH is 1. The minimum Gasteiger partial charge on any atom is -0.392 e. The zero-order valence-electron chi connectivity index (χ0n) is 10.6. The van der Waals surface area contributed by atoms with Gasteiger partial charge in [0.25, 0.3) is 0 Å². The van der Waals surface area contributed by atoms with Crippen molar-refractivity contribution in [3.63, 3.8) is 0 Å². The van der Waals surface area contributed by atoms with Gasteiger partial charge >= 0.3 is 0 Å². The number of aliphatic hydroxyl groups is 1. The van der Waals surface area contributed by atoms with Crippen LogP contribution < -0.4 is 0 Å². The highest BCUT2D eigenvalue weighted by Crippen LogP contribution is 1.88. The molecule has 0 aromatic carbocycles. The molecule has 0 aliphatic heterocycles. The summed E-state index contributed by atoms with van der Waals surface area (Å²) in [4.78, 5) is 2.13. The van der Waals surface area contributed by atoms with Crippen molar-refractivity contribution in [3.8, 4) is 0 Å². The standard InChI is InChI=1S/C7H17NO.2C2H6/c1-4-5-8(3)6-7(2)9;2*1-2/h7,9H,4-6H2,1-3H3;2*1-2H3/t7-;;/m1../s1. The van der Waals surface area contributed by atoms with Crippen molar-refractivity contribution in [1.82, 2.24) is 4.90 Å². The highest BCUT2D eigenvalue weighted by molar-refractivity contribution is 4.53. The van der Waals surface area contributed by atoms with Crippen LogP contribution in [0.25, 0.3) is 0 Å². The summed E-state index contributed by atoms with van der Waals surface area (Å²) in [6, 6.07) is 0. The first-order valence-electron chi connectivity index (χ1n) is 5.53. The number of hydrogen-bond donors (Lipinski definition) is 1. The summed E-state index contributed by atoms with van der Waals surface area (Å²) in [5.74, 6) is 0. The fourth-order valence-corrected chi connectivity index (χ4v) is 0.924. The monoisotopic (exact) mass is 191 g/mol. The van der Waals surface area contributed by atoms with Gasteiger partial charge in [0, 0.05) is 6.54 Å². The Morgan fingerprint density at radius 3 is 1.77 bits per heavy atom. The second kappa shape index (κ2) is 17.9. The van der Waals surface area contributed by atoms with Crippen LogP contribution in [0.3, 0.4) is 0 Å². The van der Waals surface area contributed by atoms with Crippen molar-refractivity contribution in [2.45, 2.75) is 54.1 Å². The molecule has 0 spiro atoms. The summed E-state index contributed by atoms with van der Waals surface area (Å²) in [5, 5.41) is 8.91. The molecule has 0 rings (SSSR count). The zero-order chi connectivity index (χ0) is 11.3. The van der Waals surface area contributed by atoms with Crippen LogP contribution >= 0.6 is 0 Å². The maximum Gasteiger partial charge on any atom is 0.0638 e. The van der Waals surface area contributed by atoms with E-state index in [1.54, 1.807) is 0 Å². The SMILES string of the molecule is CC.CC.CCCN(C)C[C@@H](C)O. The Bertz CT molecular complexity index is 65.1. The van der Waals surface area contributed by atoms with E-state index in [9.17, 15) is 0 Å². The molecule has 0 amide bonds. The zero-order valence-corrected chi connectivity index (χ0v) is 10.6. The first-order valence-corrected chi connectivity index (χ1v) is 5.53. The lowest BCUT2D eigenvalue weighted by molar-refractivity contribution is 0.141. The predicted molar refractivity (Wildman–Crippen MR) is 62.2 cm³/mol. The highest BCUT2D eigenvalue weighted by Gasteiger charge is 1.99. The molecule has 84 valence electrons. The van der Waals surface area contributed by atoms with E-state index < -0.39 is 0 Å². The molecule has 2 nitrogen and oxygen atoms in total. The quantitative estimate of drug-likeness (QED) is 0.738. The maximum absolute atomic E-state index is 8.91. The molecule has 0 heterocycles. The van der Waals surface area contributed by atoms with Crippen LogP contribution in [-0.4, -0.2) is 36.2 Å². The average molecular weight is 191 g/mol. The van der Waals surface area contributed by atoms with E-state index in [1.807, 2.05) is 41.7 Å². The molecular formula is C11H29NO. The van der Waals surface area contributed by atoms with Gasteiger partial charge in [-0.2, -0.15) is 0 Å². The largest absolute Gasteiger partial charge is 0.392 e. The lowest BCUT2D eigenvalue weighted by Gasteiger charge is -2.16. The van der Waals surface area contributed by atoms with Gasteiger partial charge in [-0.1, -0.05) is 34.6 Å². The van der Waals surface area contributed by atoms with Gasteiger partial charge in [-0.05, 0) is 26.9 Å². The van der Waals surface area contributed by atoms with Gasteiger partial charge in [-0.15, -0.1) is 0 Å². The van der Waals surface area contributed by atoms with Gasteiger partial charge in [-0.25, -0.2) is 0 Å². The van der Waals surface area contributed by atoms with E-state index in [2.05, 4.69) is 11.8 Å². The van der Waals surface area contributed by atoms with Crippen molar-refractivity contribution in [3.05, 3.63) is 0 Å². The summed E-state index contributed by atoms with van der Waals surface area (Å²) >= 11 is 0. The van der Waals surface area contributed by atoms with Gasteiger partial charge in [0.2, 0.25) is 0 Å². The van der Waals surface area contributed by atoms with Crippen LogP contribution in [0.1, 0.15) is 48.0 Å². The summed E-state index contributed by atoms with van der Waals surface area (Å²) in [7, 11) is 2.02. The van der Waals surface area contributed by atoms with E-state index in [1.165, 1.54) is 0 Å². The molecule has 0 bridgehead atoms. The Morgan fingerprint density at radius 1 is 1.15 bits per heavy atom. The van der Waals surface area contributed by atoms with Crippen molar-refractivity contribution in [2.24, 2.45) is 0 Å². The van der Waals surface area contributed by atoms with Crippen LogP contribution in [0.15, 0.2) is 0 Å². The van der Waals surface area contributed by atoms with E-state index >= 15 is 0 Å². The topological polar surface area (TPSA) is 23.5 Å². The summed E-state index contributed by atoms with van der Waals surface area (Å²) in [6.07, 6.45) is 0.963. The third kappa shape index (κ3) is 24.5. The van der Waals surface area contributed by atoms with Crippen LogP contribution in [0.5, 0.6) is 0 Å². The number of rotatable bonds is 4. The third-order valence-electron chi connectivity index (χ3n) is 1.18. The first-order chi connectivity index (χ1) is 6.16. The van der Waals surface area contributed by atoms with E-state index in [0.29, 0.717) is 0 Å². The summed E-state index contributed by atoms with van der Waals surface area (Å²) in [5.41, 5.74) is 0. The maximum atomic E-state index is 8.91. The van der Waals surface area contributed by atoms with Gasteiger partial charge < -0.3 is 10.0 Å². The first kappa shape index (κ1) is 18.7. The molecule has 0 aromatic rings. The van der Waals surface area contributed by atoms with E-state index in [0.717, 1.165) is 19.5 Å². The minimum absolute atomic E-state index is 0.193.